The molecular weight excluding hydrogens is 595 g/mol. The fourth-order valence-electron chi connectivity index (χ4n) is 4.55. The molecule has 0 saturated carbocycles. The number of ether oxygens (including phenoxy) is 3. The first-order chi connectivity index (χ1) is 20.9. The lowest BCUT2D eigenvalue weighted by molar-refractivity contribution is -0.141. The number of pyridine rings is 1. The normalized spacial score (nSPS) is 16.0. The number of anilines is 1. The van der Waals surface area contributed by atoms with Crippen LogP contribution in [0.2, 0.25) is 0 Å². The number of alkyl halides is 3. The maximum absolute atomic E-state index is 12.9. The third-order valence-corrected chi connectivity index (χ3v) is 7.72. The van der Waals surface area contributed by atoms with E-state index in [1.165, 1.54) is 23.9 Å². The molecule has 1 aliphatic rings. The topological polar surface area (TPSA) is 121 Å². The molecule has 5 rings (SSSR count). The van der Waals surface area contributed by atoms with E-state index in [0.717, 1.165) is 12.1 Å². The maximum Gasteiger partial charge on any atom is 0.416 e. The van der Waals surface area contributed by atoms with Crippen molar-refractivity contribution in [2.45, 2.75) is 49.6 Å². The molecule has 0 radical (unpaired) electrons. The molecule has 2 aromatic carbocycles. The van der Waals surface area contributed by atoms with Crippen molar-refractivity contribution < 1.29 is 31.8 Å². The van der Waals surface area contributed by atoms with Gasteiger partial charge in [0, 0.05) is 16.9 Å². The molecule has 1 aliphatic heterocycles. The van der Waals surface area contributed by atoms with Crippen molar-refractivity contribution in [2.75, 3.05) is 18.9 Å². The van der Waals surface area contributed by atoms with Crippen LogP contribution in [0.5, 0.6) is 5.75 Å². The Balaban J connectivity index is 1.36. The van der Waals surface area contributed by atoms with E-state index in [1.807, 2.05) is 13.8 Å². The number of aromatic nitrogens is 2. The molecule has 13 heteroatoms. The van der Waals surface area contributed by atoms with Crippen molar-refractivity contribution in [2.24, 2.45) is 0 Å². The van der Waals surface area contributed by atoms with Gasteiger partial charge in [-0.2, -0.15) is 18.4 Å². The number of nitrogens with two attached hydrogens (primary N) is 1. The molecule has 44 heavy (non-hydrogen) atoms. The van der Waals surface area contributed by atoms with E-state index in [2.05, 4.69) is 20.9 Å². The van der Waals surface area contributed by atoms with Crippen LogP contribution in [0.3, 0.4) is 0 Å². The summed E-state index contributed by atoms with van der Waals surface area (Å²) in [7, 11) is 0. The Labute approximate surface area is 255 Å². The number of halogens is 3. The summed E-state index contributed by atoms with van der Waals surface area (Å²) in [6.45, 7) is 13.8. The largest absolute Gasteiger partial charge is 0.491 e. The van der Waals surface area contributed by atoms with Crippen molar-refractivity contribution in [3.8, 4) is 34.4 Å². The number of nitriles is 1. The van der Waals surface area contributed by atoms with Gasteiger partial charge < -0.3 is 24.4 Å². The molecule has 0 bridgehead atoms. The van der Waals surface area contributed by atoms with Crippen LogP contribution in [-0.4, -0.2) is 35.1 Å². The van der Waals surface area contributed by atoms with Crippen LogP contribution < -0.4 is 10.5 Å². The average molecular weight is 622 g/mol. The van der Waals surface area contributed by atoms with Gasteiger partial charge in [0.15, 0.2) is 5.79 Å². The lowest BCUT2D eigenvalue weighted by Crippen LogP contribution is -2.25. The number of rotatable bonds is 8. The van der Waals surface area contributed by atoms with E-state index >= 15 is 0 Å². The van der Waals surface area contributed by atoms with E-state index in [4.69, 9.17) is 30.9 Å². The van der Waals surface area contributed by atoms with Gasteiger partial charge in [-0.05, 0) is 62.7 Å². The number of benzene rings is 2. The Kier molecular flexibility index (Phi) is 8.57. The van der Waals surface area contributed by atoms with Gasteiger partial charge in [0.05, 0.1) is 30.0 Å². The predicted molar refractivity (Wildman–Crippen MR) is 157 cm³/mol. The minimum atomic E-state index is -4.45. The smallest absolute Gasteiger partial charge is 0.416 e. The highest BCUT2D eigenvalue weighted by Crippen LogP contribution is 2.42. The molecule has 2 N–H and O–H groups in total. The Hall–Kier alpha value is -4.56. The molecule has 2 aromatic heterocycles. The molecule has 0 unspecified atom stereocenters. The molecular formula is C31H26F3N5O4S. The summed E-state index contributed by atoms with van der Waals surface area (Å²) in [5.74, 6) is 0.753. The van der Waals surface area contributed by atoms with Gasteiger partial charge in [0.25, 0.3) is 0 Å². The molecule has 9 nitrogen and oxygen atoms in total. The lowest BCUT2D eigenvalue weighted by atomic mass is 10.00. The third-order valence-electron chi connectivity index (χ3n) is 6.73. The van der Waals surface area contributed by atoms with E-state index < -0.39 is 17.5 Å². The van der Waals surface area contributed by atoms with E-state index in [0.29, 0.717) is 52.1 Å². The van der Waals surface area contributed by atoms with Crippen molar-refractivity contribution in [1.29, 1.82) is 5.26 Å². The zero-order valence-corrected chi connectivity index (χ0v) is 24.7. The highest BCUT2D eigenvalue weighted by atomic mass is 32.2. The summed E-state index contributed by atoms with van der Waals surface area (Å²) in [5.41, 5.74) is 7.47. The van der Waals surface area contributed by atoms with Crippen LogP contribution in [0.25, 0.3) is 27.4 Å². The fraction of sp³-hybridized carbons (Fsp3) is 0.290. The second-order valence-electron chi connectivity index (χ2n) is 10.3. The monoisotopic (exact) mass is 621 g/mol. The zero-order chi connectivity index (χ0) is 31.6. The molecule has 226 valence electrons. The number of nitrogen functional groups attached to an aromatic ring is 1. The minimum absolute atomic E-state index is 0.0276. The third kappa shape index (κ3) is 6.65. The van der Waals surface area contributed by atoms with E-state index in [1.54, 1.807) is 31.2 Å². The number of aryl methyl sites for hydroxylation is 1. The maximum atomic E-state index is 12.9. The van der Waals surface area contributed by atoms with E-state index in [9.17, 15) is 18.4 Å². The van der Waals surface area contributed by atoms with Crippen molar-refractivity contribution in [1.82, 2.24) is 9.97 Å². The van der Waals surface area contributed by atoms with E-state index in [-0.39, 0.29) is 34.8 Å². The van der Waals surface area contributed by atoms with Crippen LogP contribution in [0.4, 0.5) is 24.7 Å². The van der Waals surface area contributed by atoms with Gasteiger partial charge >= 0.3 is 6.18 Å². The summed E-state index contributed by atoms with van der Waals surface area (Å²) < 4.78 is 61.7. The quantitative estimate of drug-likeness (QED) is 0.157. The molecule has 0 aliphatic carbocycles. The molecule has 3 heterocycles. The second-order valence-corrected chi connectivity index (χ2v) is 11.3. The molecule has 1 fully saturated rings. The summed E-state index contributed by atoms with van der Waals surface area (Å²) >= 11 is 1.18. The summed E-state index contributed by atoms with van der Waals surface area (Å²) in [6.07, 6.45) is -4.65. The molecule has 4 aromatic rings. The first-order valence-electron chi connectivity index (χ1n) is 13.3. The number of oxazole rings is 1. The standard InChI is InChI=1S/C31H26F3N5O4S/c1-17-24(38-28(42-17)19-5-9-20(10-6-19)31(32,33)34)16-44-29-23(13-35)25(26(37-4)27(36)39-29)18-7-11-21(12-8-18)40-14-22-15-41-30(2,3)43-22/h5-12,22H,14-16H2,1-3H3,(H2,36,39)/t22-/m0/s1. The summed E-state index contributed by atoms with van der Waals surface area (Å²) in [5, 5.41) is 10.4. The number of hydrogen-bond acceptors (Lipinski definition) is 9. The van der Waals surface area contributed by atoms with Crippen LogP contribution in [-0.2, 0) is 21.4 Å². The second kappa shape index (κ2) is 12.2. The molecule has 1 saturated heterocycles. The van der Waals surface area contributed by atoms with Gasteiger partial charge in [0.2, 0.25) is 11.6 Å². The highest BCUT2D eigenvalue weighted by Gasteiger charge is 2.33. The van der Waals surface area contributed by atoms with Gasteiger partial charge in [0.1, 0.15) is 41.1 Å². The van der Waals surface area contributed by atoms with Crippen molar-refractivity contribution in [3.05, 3.63) is 82.5 Å². The Morgan fingerprint density at radius 3 is 2.41 bits per heavy atom. The molecule has 0 amide bonds. The van der Waals surface area contributed by atoms with Gasteiger partial charge in [-0.25, -0.2) is 14.8 Å². The molecule has 1 atom stereocenters. The number of nitrogens with zero attached hydrogens (tertiary/aromatic N) is 4. The number of hydrogen-bond donors (Lipinski definition) is 1. The Morgan fingerprint density at radius 1 is 1.14 bits per heavy atom. The van der Waals surface area contributed by atoms with Crippen molar-refractivity contribution in [3.63, 3.8) is 0 Å². The minimum Gasteiger partial charge on any atom is -0.491 e. The highest BCUT2D eigenvalue weighted by molar-refractivity contribution is 7.98. The zero-order valence-electron chi connectivity index (χ0n) is 23.9. The van der Waals surface area contributed by atoms with Gasteiger partial charge in [-0.15, -0.1) is 0 Å². The van der Waals surface area contributed by atoms with Gasteiger partial charge in [-0.3, -0.25) is 0 Å². The SMILES string of the molecule is [C-]#[N+]c1c(N)nc(SCc2nc(-c3ccc(C(F)(F)F)cc3)oc2C)c(C#N)c1-c1ccc(OC[C@H]2COC(C)(C)O2)cc1. The van der Waals surface area contributed by atoms with Crippen LogP contribution >= 0.6 is 11.8 Å². The Bertz CT molecular complexity index is 1760. The lowest BCUT2D eigenvalue weighted by Gasteiger charge is -2.17. The van der Waals surface area contributed by atoms with Gasteiger partial charge in [-0.1, -0.05) is 23.9 Å². The Morgan fingerprint density at radius 2 is 1.82 bits per heavy atom. The van der Waals surface area contributed by atoms with Crippen LogP contribution in [0.1, 0.15) is 36.4 Å². The fourth-order valence-corrected chi connectivity index (χ4v) is 5.55. The number of thioether (sulfide) groups is 1. The van der Waals surface area contributed by atoms with Crippen LogP contribution in [0.15, 0.2) is 58.0 Å². The predicted octanol–water partition coefficient (Wildman–Crippen LogP) is 7.56. The summed E-state index contributed by atoms with van der Waals surface area (Å²) in [6, 6.07) is 13.6. The first-order valence-corrected chi connectivity index (χ1v) is 14.3. The first kappa shape index (κ1) is 30.9. The summed E-state index contributed by atoms with van der Waals surface area (Å²) in [4.78, 5) is 12.3. The molecule has 0 spiro atoms. The average Bonchev–Trinajstić information content (AvgIpc) is 3.54. The van der Waals surface area contributed by atoms with Crippen molar-refractivity contribution >= 4 is 23.3 Å². The van der Waals surface area contributed by atoms with Crippen LogP contribution in [0, 0.1) is 24.8 Å².